The van der Waals surface area contributed by atoms with Crippen LogP contribution in [0.2, 0.25) is 0 Å². The molecule has 0 aromatic heterocycles. The molecule has 13 nitrogen and oxygen atoms in total. The summed E-state index contributed by atoms with van der Waals surface area (Å²) in [6.45, 7) is 3.18. The van der Waals surface area contributed by atoms with E-state index in [0.29, 0.717) is 5.56 Å². The van der Waals surface area contributed by atoms with Gasteiger partial charge in [0, 0.05) is 6.42 Å². The molecule has 9 N–H and O–H groups in total. The summed E-state index contributed by atoms with van der Waals surface area (Å²) >= 11 is 0. The number of carboxylic acids is 2. The van der Waals surface area contributed by atoms with Gasteiger partial charge in [-0.05, 0) is 11.5 Å². The summed E-state index contributed by atoms with van der Waals surface area (Å²) in [4.78, 5) is 71.6. The highest BCUT2D eigenvalue weighted by Crippen LogP contribution is 2.08. The monoisotopic (exact) mass is 493 g/mol. The van der Waals surface area contributed by atoms with Crippen molar-refractivity contribution >= 4 is 35.6 Å². The van der Waals surface area contributed by atoms with Crippen LogP contribution < -0.4 is 27.4 Å². The summed E-state index contributed by atoms with van der Waals surface area (Å²) in [6, 6.07) is 3.05. The van der Waals surface area contributed by atoms with Gasteiger partial charge >= 0.3 is 11.9 Å². The van der Waals surface area contributed by atoms with Gasteiger partial charge in [0.05, 0.1) is 18.9 Å². The van der Waals surface area contributed by atoms with Crippen molar-refractivity contribution in [2.45, 2.75) is 57.3 Å². The van der Waals surface area contributed by atoms with E-state index in [4.69, 9.17) is 16.6 Å². The number of aliphatic carboxylic acids is 2. The van der Waals surface area contributed by atoms with Crippen LogP contribution in [0.5, 0.6) is 0 Å². The Labute approximate surface area is 201 Å². The number of hydrogen-bond donors (Lipinski definition) is 7. The zero-order valence-corrected chi connectivity index (χ0v) is 19.4. The number of carbonyl (C=O) groups is 6. The molecule has 1 aromatic carbocycles. The lowest BCUT2D eigenvalue weighted by Crippen LogP contribution is -2.59. The van der Waals surface area contributed by atoms with Crippen molar-refractivity contribution in [2.75, 3.05) is 0 Å². The van der Waals surface area contributed by atoms with E-state index in [2.05, 4.69) is 16.0 Å². The van der Waals surface area contributed by atoms with Gasteiger partial charge < -0.3 is 37.6 Å². The Balaban J connectivity index is 2.97. The van der Waals surface area contributed by atoms with Crippen molar-refractivity contribution < 1.29 is 39.0 Å². The second-order valence-corrected chi connectivity index (χ2v) is 8.26. The van der Waals surface area contributed by atoms with Crippen molar-refractivity contribution in [1.29, 1.82) is 0 Å². The minimum Gasteiger partial charge on any atom is -0.481 e. The van der Waals surface area contributed by atoms with Crippen LogP contribution in [0.15, 0.2) is 30.3 Å². The molecule has 4 atom stereocenters. The average molecular weight is 494 g/mol. The highest BCUT2D eigenvalue weighted by Gasteiger charge is 2.33. The van der Waals surface area contributed by atoms with Gasteiger partial charge in [0.2, 0.25) is 23.6 Å². The molecule has 35 heavy (non-hydrogen) atoms. The first kappa shape index (κ1) is 29.0. The first-order valence-corrected chi connectivity index (χ1v) is 10.7. The summed E-state index contributed by atoms with van der Waals surface area (Å²) in [5.74, 6) is -6.89. The minimum absolute atomic E-state index is 0.00385. The molecule has 0 bridgehead atoms. The molecule has 13 heteroatoms. The van der Waals surface area contributed by atoms with Crippen molar-refractivity contribution in [1.82, 2.24) is 16.0 Å². The number of benzene rings is 1. The Hall–Kier alpha value is -4.00. The summed E-state index contributed by atoms with van der Waals surface area (Å²) < 4.78 is 0. The van der Waals surface area contributed by atoms with Crippen LogP contribution in [0.25, 0.3) is 0 Å². The second kappa shape index (κ2) is 13.6. The molecular formula is C22H31N5O8. The number of nitrogens with one attached hydrogen (secondary N) is 3. The minimum atomic E-state index is -1.62. The van der Waals surface area contributed by atoms with Gasteiger partial charge in [-0.1, -0.05) is 44.2 Å². The molecule has 1 aromatic rings. The van der Waals surface area contributed by atoms with Crippen molar-refractivity contribution in [3.05, 3.63) is 35.9 Å². The van der Waals surface area contributed by atoms with Crippen LogP contribution >= 0.6 is 0 Å². The number of primary amides is 1. The third kappa shape index (κ3) is 10.2. The van der Waals surface area contributed by atoms with Gasteiger partial charge in [0.1, 0.15) is 18.1 Å². The first-order chi connectivity index (χ1) is 16.3. The Kier molecular flexibility index (Phi) is 11.3. The lowest BCUT2D eigenvalue weighted by atomic mass is 10.0. The molecule has 0 heterocycles. The lowest BCUT2D eigenvalue weighted by Gasteiger charge is -2.26. The molecule has 1 rings (SSSR count). The van der Waals surface area contributed by atoms with E-state index in [0.717, 1.165) is 0 Å². The first-order valence-electron chi connectivity index (χ1n) is 10.7. The van der Waals surface area contributed by atoms with Gasteiger partial charge in [-0.25, -0.2) is 4.79 Å². The SMILES string of the molecule is CC(C)C(NC(=O)C(CC(=O)O)NC(=O)C(N)CC(N)=O)C(=O)NC(Cc1ccccc1)C(=O)O. The molecule has 4 unspecified atom stereocenters. The fourth-order valence-electron chi connectivity index (χ4n) is 3.07. The summed E-state index contributed by atoms with van der Waals surface area (Å²) in [5.41, 5.74) is 11.2. The van der Waals surface area contributed by atoms with Crippen LogP contribution in [0.3, 0.4) is 0 Å². The maximum Gasteiger partial charge on any atom is 0.326 e. The molecule has 0 saturated carbocycles. The number of carboxylic acid groups (broad SMARTS) is 2. The zero-order valence-electron chi connectivity index (χ0n) is 19.4. The highest BCUT2D eigenvalue weighted by molar-refractivity contribution is 5.96. The van der Waals surface area contributed by atoms with Gasteiger partial charge in [-0.3, -0.25) is 24.0 Å². The Morgan fingerprint density at radius 2 is 1.40 bits per heavy atom. The van der Waals surface area contributed by atoms with Crippen molar-refractivity contribution in [3.63, 3.8) is 0 Å². The standard InChI is InChI=1S/C22H31N5O8/c1-11(2)18(21(33)26-15(22(34)35)8-12-6-4-3-5-7-12)27-20(32)14(10-17(29)30)25-19(31)13(23)9-16(24)28/h3-7,11,13-15,18H,8-10,23H2,1-2H3,(H2,24,28)(H,25,31)(H,26,33)(H,27,32)(H,29,30)(H,34,35). The molecule has 0 radical (unpaired) electrons. The normalized spacial score (nSPS) is 14.2. The van der Waals surface area contributed by atoms with E-state index in [-0.39, 0.29) is 6.42 Å². The molecule has 0 spiro atoms. The van der Waals surface area contributed by atoms with Gasteiger partial charge in [0.25, 0.3) is 0 Å². The fraction of sp³-hybridized carbons (Fsp3) is 0.455. The Bertz CT molecular complexity index is 937. The third-order valence-corrected chi connectivity index (χ3v) is 4.91. The van der Waals surface area contributed by atoms with Gasteiger partial charge in [-0.15, -0.1) is 0 Å². The highest BCUT2D eigenvalue weighted by atomic mass is 16.4. The van der Waals surface area contributed by atoms with Crippen molar-refractivity contribution in [2.24, 2.45) is 17.4 Å². The predicted octanol–water partition coefficient (Wildman–Crippen LogP) is -1.90. The summed E-state index contributed by atoms with van der Waals surface area (Å²) in [7, 11) is 0. The largest absolute Gasteiger partial charge is 0.481 e. The Morgan fingerprint density at radius 3 is 1.89 bits per heavy atom. The average Bonchev–Trinajstić information content (AvgIpc) is 2.75. The summed E-state index contributed by atoms with van der Waals surface area (Å²) in [6.07, 6.45) is -1.36. The summed E-state index contributed by atoms with van der Waals surface area (Å²) in [5, 5.41) is 25.5. The number of rotatable bonds is 14. The van der Waals surface area contributed by atoms with Crippen LogP contribution in [-0.2, 0) is 35.2 Å². The van der Waals surface area contributed by atoms with E-state index in [1.807, 2.05) is 0 Å². The van der Waals surface area contributed by atoms with E-state index in [9.17, 15) is 33.9 Å². The topological polar surface area (TPSA) is 231 Å². The maximum atomic E-state index is 12.9. The van der Waals surface area contributed by atoms with E-state index in [1.54, 1.807) is 44.2 Å². The molecule has 0 fully saturated rings. The van der Waals surface area contributed by atoms with Crippen molar-refractivity contribution in [3.8, 4) is 0 Å². The molecule has 4 amide bonds. The maximum absolute atomic E-state index is 12.9. The van der Waals surface area contributed by atoms with Crippen LogP contribution in [0.1, 0.15) is 32.3 Å². The number of hydrogen-bond acceptors (Lipinski definition) is 7. The number of amides is 4. The van der Waals surface area contributed by atoms with E-state index < -0.39 is 78.5 Å². The van der Waals surface area contributed by atoms with Gasteiger partial charge in [-0.2, -0.15) is 0 Å². The van der Waals surface area contributed by atoms with E-state index in [1.165, 1.54) is 0 Å². The second-order valence-electron chi connectivity index (χ2n) is 8.26. The molecule has 0 aliphatic heterocycles. The molecule has 0 aliphatic carbocycles. The quantitative estimate of drug-likeness (QED) is 0.153. The fourth-order valence-corrected chi connectivity index (χ4v) is 3.07. The van der Waals surface area contributed by atoms with Crippen LogP contribution in [-0.4, -0.2) is 69.9 Å². The Morgan fingerprint density at radius 1 is 0.829 bits per heavy atom. The number of carbonyl (C=O) groups excluding carboxylic acids is 4. The van der Waals surface area contributed by atoms with Gasteiger partial charge in [0.15, 0.2) is 0 Å². The number of nitrogens with two attached hydrogens (primary N) is 2. The zero-order chi connectivity index (χ0) is 26.7. The predicted molar refractivity (Wildman–Crippen MR) is 122 cm³/mol. The third-order valence-electron chi connectivity index (χ3n) is 4.91. The van der Waals surface area contributed by atoms with Crippen LogP contribution in [0, 0.1) is 5.92 Å². The molecule has 192 valence electrons. The van der Waals surface area contributed by atoms with Crippen LogP contribution in [0.4, 0.5) is 0 Å². The molecule has 0 aliphatic rings. The smallest absolute Gasteiger partial charge is 0.326 e. The molecule has 0 saturated heterocycles. The van der Waals surface area contributed by atoms with E-state index >= 15 is 0 Å². The molecular weight excluding hydrogens is 462 g/mol. The lowest BCUT2D eigenvalue weighted by molar-refractivity contribution is -0.143.